The maximum absolute atomic E-state index is 12.6. The minimum absolute atomic E-state index is 0.0242. The van der Waals surface area contributed by atoms with Gasteiger partial charge in [0, 0.05) is 25.0 Å². The van der Waals surface area contributed by atoms with Gasteiger partial charge in [-0.2, -0.15) is 0 Å². The lowest BCUT2D eigenvalue weighted by atomic mass is 10.2. The molecule has 1 fully saturated rings. The van der Waals surface area contributed by atoms with Crippen LogP contribution in [0.25, 0.3) is 10.2 Å². The number of amides is 1. The van der Waals surface area contributed by atoms with Crippen LogP contribution in [-0.2, 0) is 21.7 Å². The van der Waals surface area contributed by atoms with Crippen molar-refractivity contribution in [1.29, 1.82) is 0 Å². The molecule has 1 amide bonds. The van der Waals surface area contributed by atoms with Gasteiger partial charge in [0.2, 0.25) is 5.91 Å². The van der Waals surface area contributed by atoms with Crippen LogP contribution in [0.15, 0.2) is 9.95 Å². The van der Waals surface area contributed by atoms with Crippen molar-refractivity contribution in [2.75, 3.05) is 24.3 Å². The van der Waals surface area contributed by atoms with Crippen LogP contribution in [0.1, 0.15) is 16.9 Å². The molecule has 0 aromatic carbocycles. The number of sulfone groups is 1. The smallest absolute Gasteiger partial charge is 0.262 e. The van der Waals surface area contributed by atoms with Gasteiger partial charge >= 0.3 is 0 Å². The van der Waals surface area contributed by atoms with Crippen molar-refractivity contribution in [2.24, 2.45) is 7.05 Å². The Hall–Kier alpha value is -1.39. The summed E-state index contributed by atoms with van der Waals surface area (Å²) in [5.74, 6) is 0.107. The quantitative estimate of drug-likeness (QED) is 0.553. The second kappa shape index (κ2) is 6.97. The Balaban J connectivity index is 1.76. The van der Waals surface area contributed by atoms with Crippen LogP contribution in [0.4, 0.5) is 0 Å². The number of aryl methyl sites for hydroxylation is 2. The average molecular weight is 416 g/mol. The lowest BCUT2D eigenvalue weighted by Crippen LogP contribution is -2.39. The SMILES string of the molecule is Cc1sc2nc(SCC(=O)N(C)C3CCS(=O)(=O)C3)n(C)c(=O)c2c1C. The molecule has 0 spiro atoms. The first kappa shape index (κ1) is 19.4. The molecule has 7 nitrogen and oxygen atoms in total. The van der Waals surface area contributed by atoms with Crippen LogP contribution in [0, 0.1) is 13.8 Å². The van der Waals surface area contributed by atoms with Gasteiger partial charge in [-0.05, 0) is 25.8 Å². The summed E-state index contributed by atoms with van der Waals surface area (Å²) in [6.07, 6.45) is 0.478. The maximum atomic E-state index is 12.6. The van der Waals surface area contributed by atoms with Gasteiger partial charge in [0.15, 0.2) is 15.0 Å². The summed E-state index contributed by atoms with van der Waals surface area (Å²) in [5, 5.41) is 1.13. The standard InChI is InChI=1S/C16H21N3O4S3/c1-9-10(2)25-14-13(9)15(21)19(4)16(17-14)24-7-12(20)18(3)11-5-6-26(22,23)8-11/h11H,5-8H2,1-4H3. The Labute approximate surface area is 160 Å². The van der Waals surface area contributed by atoms with E-state index in [-0.39, 0.29) is 34.8 Å². The van der Waals surface area contributed by atoms with E-state index in [0.717, 1.165) is 10.4 Å². The second-order valence-corrected chi connectivity index (χ2v) is 10.9. The molecule has 1 atom stereocenters. The number of hydrogen-bond acceptors (Lipinski definition) is 7. The van der Waals surface area contributed by atoms with E-state index in [9.17, 15) is 18.0 Å². The Morgan fingerprint density at radius 3 is 2.73 bits per heavy atom. The van der Waals surface area contributed by atoms with Gasteiger partial charge < -0.3 is 4.90 Å². The van der Waals surface area contributed by atoms with Crippen LogP contribution < -0.4 is 5.56 Å². The maximum Gasteiger partial charge on any atom is 0.262 e. The highest BCUT2D eigenvalue weighted by Crippen LogP contribution is 2.28. The predicted octanol–water partition coefficient (Wildman–Crippen LogP) is 1.35. The van der Waals surface area contributed by atoms with E-state index in [1.54, 1.807) is 14.1 Å². The second-order valence-electron chi connectivity index (χ2n) is 6.57. The first-order chi connectivity index (χ1) is 12.1. The highest BCUT2D eigenvalue weighted by atomic mass is 32.2. The molecule has 0 saturated carbocycles. The normalized spacial score (nSPS) is 19.2. The fourth-order valence-electron chi connectivity index (χ4n) is 3.00. The lowest BCUT2D eigenvalue weighted by molar-refractivity contribution is -0.128. The van der Waals surface area contributed by atoms with E-state index in [1.807, 2.05) is 13.8 Å². The van der Waals surface area contributed by atoms with Crippen LogP contribution >= 0.6 is 23.1 Å². The molecule has 0 N–H and O–H groups in total. The van der Waals surface area contributed by atoms with E-state index in [0.29, 0.717) is 21.8 Å². The molecule has 142 valence electrons. The number of hydrogen-bond donors (Lipinski definition) is 0. The molecule has 26 heavy (non-hydrogen) atoms. The third-order valence-corrected chi connectivity index (χ3v) is 8.71. The number of aromatic nitrogens is 2. The zero-order valence-electron chi connectivity index (χ0n) is 15.1. The Morgan fingerprint density at radius 2 is 2.12 bits per heavy atom. The molecular formula is C16H21N3O4S3. The van der Waals surface area contributed by atoms with Gasteiger partial charge in [0.25, 0.3) is 5.56 Å². The summed E-state index contributed by atoms with van der Waals surface area (Å²) in [7, 11) is 0.252. The average Bonchev–Trinajstić information content (AvgIpc) is 3.08. The number of thioether (sulfide) groups is 1. The Kier molecular flexibility index (Phi) is 5.19. The van der Waals surface area contributed by atoms with Crippen LogP contribution in [0.2, 0.25) is 0 Å². The van der Waals surface area contributed by atoms with Gasteiger partial charge in [0.05, 0.1) is 22.6 Å². The summed E-state index contributed by atoms with van der Waals surface area (Å²) >= 11 is 2.68. The molecule has 3 heterocycles. The van der Waals surface area contributed by atoms with Gasteiger partial charge in [0.1, 0.15) is 4.83 Å². The highest BCUT2D eigenvalue weighted by molar-refractivity contribution is 7.99. The van der Waals surface area contributed by atoms with Crippen LogP contribution in [0.3, 0.4) is 0 Å². The molecule has 2 aromatic rings. The molecule has 0 radical (unpaired) electrons. The van der Waals surface area contributed by atoms with Crippen molar-refractivity contribution in [3.8, 4) is 0 Å². The summed E-state index contributed by atoms with van der Waals surface area (Å²) in [4.78, 5) is 32.8. The highest BCUT2D eigenvalue weighted by Gasteiger charge is 2.32. The van der Waals surface area contributed by atoms with Crippen LogP contribution in [0.5, 0.6) is 0 Å². The molecule has 0 aliphatic carbocycles. The summed E-state index contributed by atoms with van der Waals surface area (Å²) < 4.78 is 24.7. The van der Waals surface area contributed by atoms with Gasteiger partial charge in [-0.1, -0.05) is 11.8 Å². The topological polar surface area (TPSA) is 89.3 Å². The molecular weight excluding hydrogens is 394 g/mol. The number of carbonyl (C=O) groups is 1. The van der Waals surface area contributed by atoms with Crippen molar-refractivity contribution in [2.45, 2.75) is 31.5 Å². The van der Waals surface area contributed by atoms with Crippen LogP contribution in [-0.4, -0.2) is 59.1 Å². The molecule has 1 saturated heterocycles. The van der Waals surface area contributed by atoms with Gasteiger partial charge in [-0.15, -0.1) is 11.3 Å². The number of nitrogens with zero attached hydrogens (tertiary/aromatic N) is 3. The third-order valence-electron chi connectivity index (χ3n) is 4.84. The molecule has 0 bridgehead atoms. The van der Waals surface area contributed by atoms with E-state index in [1.165, 1.54) is 32.6 Å². The molecule has 1 aliphatic heterocycles. The van der Waals surface area contributed by atoms with Crippen molar-refractivity contribution in [3.05, 3.63) is 20.8 Å². The number of carbonyl (C=O) groups excluding carboxylic acids is 1. The van der Waals surface area contributed by atoms with Crippen molar-refractivity contribution in [3.63, 3.8) is 0 Å². The fraction of sp³-hybridized carbons (Fsp3) is 0.562. The molecule has 3 rings (SSSR count). The Bertz CT molecular complexity index is 1040. The van der Waals surface area contributed by atoms with E-state index < -0.39 is 9.84 Å². The lowest BCUT2D eigenvalue weighted by Gasteiger charge is -2.23. The summed E-state index contributed by atoms with van der Waals surface area (Å²) in [6.45, 7) is 3.88. The van der Waals surface area contributed by atoms with E-state index >= 15 is 0 Å². The van der Waals surface area contributed by atoms with E-state index in [4.69, 9.17) is 0 Å². The first-order valence-corrected chi connectivity index (χ1v) is 11.8. The number of thiophene rings is 1. The molecule has 1 aliphatic rings. The minimum Gasteiger partial charge on any atom is -0.341 e. The first-order valence-electron chi connectivity index (χ1n) is 8.16. The Morgan fingerprint density at radius 1 is 1.42 bits per heavy atom. The summed E-state index contributed by atoms with van der Waals surface area (Å²) in [6, 6.07) is -0.269. The van der Waals surface area contributed by atoms with Gasteiger partial charge in [-0.3, -0.25) is 14.2 Å². The predicted molar refractivity (Wildman–Crippen MR) is 105 cm³/mol. The van der Waals surface area contributed by atoms with Crippen molar-refractivity contribution < 1.29 is 13.2 Å². The number of fused-ring (bicyclic) bond motifs is 1. The molecule has 10 heteroatoms. The monoisotopic (exact) mass is 415 g/mol. The molecule has 1 unspecified atom stereocenters. The third kappa shape index (κ3) is 3.54. The zero-order chi connectivity index (χ0) is 19.2. The molecule has 2 aromatic heterocycles. The van der Waals surface area contributed by atoms with Crippen molar-refractivity contribution >= 4 is 49.1 Å². The minimum atomic E-state index is -3.04. The number of rotatable bonds is 4. The zero-order valence-corrected chi connectivity index (χ0v) is 17.6. The van der Waals surface area contributed by atoms with E-state index in [2.05, 4.69) is 4.98 Å². The van der Waals surface area contributed by atoms with Crippen molar-refractivity contribution in [1.82, 2.24) is 14.5 Å². The fourth-order valence-corrected chi connectivity index (χ4v) is 6.74. The van der Waals surface area contributed by atoms with Gasteiger partial charge in [-0.25, -0.2) is 13.4 Å². The largest absolute Gasteiger partial charge is 0.341 e. The summed E-state index contributed by atoms with van der Waals surface area (Å²) in [5.41, 5.74) is 0.843.